The van der Waals surface area contributed by atoms with Crippen LogP contribution in [0.25, 0.3) is 0 Å². The number of carbonyl (C=O) groups excluding carboxylic acids is 1. The first-order chi connectivity index (χ1) is 8.66. The van der Waals surface area contributed by atoms with Crippen molar-refractivity contribution in [2.45, 2.75) is 26.4 Å². The molecular weight excluding hydrogens is 228 g/mol. The molecule has 4 nitrogen and oxygen atoms in total. The summed E-state index contributed by atoms with van der Waals surface area (Å²) in [6, 6.07) is 9.79. The van der Waals surface area contributed by atoms with Gasteiger partial charge in [0.25, 0.3) is 5.91 Å². The van der Waals surface area contributed by atoms with Crippen molar-refractivity contribution >= 4 is 11.6 Å². The van der Waals surface area contributed by atoms with Crippen LogP contribution >= 0.6 is 0 Å². The van der Waals surface area contributed by atoms with Crippen molar-refractivity contribution in [1.29, 1.82) is 0 Å². The van der Waals surface area contributed by atoms with Gasteiger partial charge in [-0.1, -0.05) is 49.3 Å². The average molecular weight is 246 g/mol. The number of nitrogens with one attached hydrogen (secondary N) is 1. The molecule has 1 aromatic carbocycles. The molecule has 96 valence electrons. The summed E-state index contributed by atoms with van der Waals surface area (Å²) in [5.74, 6) is 0.350. The highest BCUT2D eigenvalue weighted by molar-refractivity contribution is 6.04. The second-order valence-electron chi connectivity index (χ2n) is 4.84. The zero-order valence-corrected chi connectivity index (χ0v) is 10.7. The molecule has 1 N–H and O–H groups in total. The molecular formula is C14H18N2O2. The molecule has 0 aliphatic carbocycles. The largest absolute Gasteiger partial charge is 0.382 e. The molecule has 18 heavy (non-hydrogen) atoms. The van der Waals surface area contributed by atoms with Crippen molar-refractivity contribution in [2.75, 3.05) is 6.54 Å². The van der Waals surface area contributed by atoms with Gasteiger partial charge in [0, 0.05) is 13.0 Å². The Labute approximate surface area is 107 Å². The number of rotatable bonds is 4. The molecule has 1 aliphatic heterocycles. The minimum absolute atomic E-state index is 0.0848. The van der Waals surface area contributed by atoms with Crippen LogP contribution in [0.3, 0.4) is 0 Å². The summed E-state index contributed by atoms with van der Waals surface area (Å²) < 4.78 is 0. The van der Waals surface area contributed by atoms with Gasteiger partial charge in [0.1, 0.15) is 0 Å². The van der Waals surface area contributed by atoms with Crippen LogP contribution in [0.2, 0.25) is 0 Å². The molecule has 0 spiro atoms. The van der Waals surface area contributed by atoms with E-state index in [1.807, 2.05) is 30.3 Å². The maximum absolute atomic E-state index is 11.8. The first kappa shape index (κ1) is 12.6. The predicted octanol–water partition coefficient (Wildman–Crippen LogP) is 1.95. The van der Waals surface area contributed by atoms with E-state index in [9.17, 15) is 4.79 Å². The number of nitrogens with zero attached hydrogens (tertiary/aromatic N) is 1. The van der Waals surface area contributed by atoms with Gasteiger partial charge in [0.15, 0.2) is 0 Å². The lowest BCUT2D eigenvalue weighted by molar-refractivity contribution is -0.131. The van der Waals surface area contributed by atoms with Crippen molar-refractivity contribution < 1.29 is 9.63 Å². The second-order valence-corrected chi connectivity index (χ2v) is 4.84. The molecule has 0 aromatic heterocycles. The summed E-state index contributed by atoms with van der Waals surface area (Å²) >= 11 is 0. The van der Waals surface area contributed by atoms with E-state index in [4.69, 9.17) is 4.84 Å². The third kappa shape index (κ3) is 3.09. The Morgan fingerprint density at radius 1 is 1.44 bits per heavy atom. The molecule has 0 bridgehead atoms. The second kappa shape index (κ2) is 5.67. The van der Waals surface area contributed by atoms with Crippen molar-refractivity contribution in [3.05, 3.63) is 35.9 Å². The third-order valence-electron chi connectivity index (χ3n) is 2.75. The van der Waals surface area contributed by atoms with Gasteiger partial charge in [-0.3, -0.25) is 4.79 Å². The zero-order valence-electron chi connectivity index (χ0n) is 10.7. The molecule has 1 aliphatic rings. The quantitative estimate of drug-likeness (QED) is 0.882. The van der Waals surface area contributed by atoms with Gasteiger partial charge in [-0.2, -0.15) is 0 Å². The van der Waals surface area contributed by atoms with E-state index < -0.39 is 6.10 Å². The number of oxime groups is 1. The average Bonchev–Trinajstić information content (AvgIpc) is 2.86. The van der Waals surface area contributed by atoms with Crippen LogP contribution < -0.4 is 5.32 Å². The first-order valence-corrected chi connectivity index (χ1v) is 6.22. The van der Waals surface area contributed by atoms with Gasteiger partial charge in [-0.25, -0.2) is 0 Å². The molecule has 1 unspecified atom stereocenters. The molecule has 2 rings (SSSR count). The van der Waals surface area contributed by atoms with Crippen LogP contribution in [0.4, 0.5) is 0 Å². The van der Waals surface area contributed by atoms with Gasteiger partial charge in [-0.15, -0.1) is 0 Å². The van der Waals surface area contributed by atoms with Gasteiger partial charge >= 0.3 is 0 Å². The Morgan fingerprint density at radius 3 is 2.83 bits per heavy atom. The van der Waals surface area contributed by atoms with E-state index in [-0.39, 0.29) is 5.91 Å². The van der Waals surface area contributed by atoms with Crippen molar-refractivity contribution in [2.24, 2.45) is 11.1 Å². The van der Waals surface area contributed by atoms with E-state index in [1.165, 1.54) is 0 Å². The minimum Gasteiger partial charge on any atom is -0.382 e. The lowest BCUT2D eigenvalue weighted by Gasteiger charge is -2.10. The van der Waals surface area contributed by atoms with E-state index >= 15 is 0 Å². The summed E-state index contributed by atoms with van der Waals surface area (Å²) in [5, 5.41) is 6.85. The molecule has 0 fully saturated rings. The lowest BCUT2D eigenvalue weighted by Crippen LogP contribution is -2.36. The number of hydrogen-bond acceptors (Lipinski definition) is 3. The smallest absolute Gasteiger partial charge is 0.264 e. The van der Waals surface area contributed by atoms with Crippen LogP contribution in [0.1, 0.15) is 25.8 Å². The lowest BCUT2D eigenvalue weighted by atomic mass is 10.0. The molecule has 1 aromatic rings. The van der Waals surface area contributed by atoms with E-state index in [2.05, 4.69) is 24.3 Å². The van der Waals surface area contributed by atoms with Crippen molar-refractivity contribution in [3.63, 3.8) is 0 Å². The molecule has 0 radical (unpaired) electrons. The van der Waals surface area contributed by atoms with Gasteiger partial charge in [0.05, 0.1) is 5.71 Å². The van der Waals surface area contributed by atoms with Crippen LogP contribution in [-0.4, -0.2) is 24.3 Å². The Balaban J connectivity index is 1.89. The maximum atomic E-state index is 11.8. The predicted molar refractivity (Wildman–Crippen MR) is 70.3 cm³/mol. The van der Waals surface area contributed by atoms with Gasteiger partial charge in [0.2, 0.25) is 6.10 Å². The Kier molecular flexibility index (Phi) is 3.97. The highest BCUT2D eigenvalue weighted by atomic mass is 16.6. The summed E-state index contributed by atoms with van der Waals surface area (Å²) in [6.45, 7) is 4.78. The molecule has 4 heteroatoms. The highest BCUT2D eigenvalue weighted by Crippen LogP contribution is 2.16. The van der Waals surface area contributed by atoms with Crippen LogP contribution in [0.15, 0.2) is 35.5 Å². The highest BCUT2D eigenvalue weighted by Gasteiger charge is 2.28. The SMILES string of the molecule is CC(C)CNC(=O)C1CC(c2ccccc2)=NO1. The van der Waals surface area contributed by atoms with Gasteiger partial charge < -0.3 is 10.2 Å². The Bertz CT molecular complexity index is 440. The van der Waals surface area contributed by atoms with Gasteiger partial charge in [-0.05, 0) is 11.5 Å². The fourth-order valence-corrected chi connectivity index (χ4v) is 1.74. The Morgan fingerprint density at radius 2 is 2.17 bits per heavy atom. The van der Waals surface area contributed by atoms with E-state index in [0.717, 1.165) is 11.3 Å². The fraction of sp³-hybridized carbons (Fsp3) is 0.429. The molecule has 1 heterocycles. The summed E-state index contributed by atoms with van der Waals surface area (Å²) in [4.78, 5) is 17.0. The van der Waals surface area contributed by atoms with Crippen LogP contribution in [-0.2, 0) is 9.63 Å². The third-order valence-corrected chi connectivity index (χ3v) is 2.75. The number of carbonyl (C=O) groups is 1. The zero-order chi connectivity index (χ0) is 13.0. The fourth-order valence-electron chi connectivity index (χ4n) is 1.74. The van der Waals surface area contributed by atoms with E-state index in [0.29, 0.717) is 18.9 Å². The molecule has 0 saturated heterocycles. The molecule has 0 saturated carbocycles. The monoisotopic (exact) mass is 246 g/mol. The van der Waals surface area contributed by atoms with Crippen LogP contribution in [0, 0.1) is 5.92 Å². The summed E-state index contributed by atoms with van der Waals surface area (Å²) in [7, 11) is 0. The molecule has 1 atom stereocenters. The van der Waals surface area contributed by atoms with Crippen molar-refractivity contribution in [1.82, 2.24) is 5.32 Å². The number of benzene rings is 1. The van der Waals surface area contributed by atoms with E-state index in [1.54, 1.807) is 0 Å². The Hall–Kier alpha value is -1.84. The number of amides is 1. The van der Waals surface area contributed by atoms with Crippen molar-refractivity contribution in [3.8, 4) is 0 Å². The number of hydrogen-bond donors (Lipinski definition) is 1. The topological polar surface area (TPSA) is 50.7 Å². The standard InChI is InChI=1S/C14H18N2O2/c1-10(2)9-15-14(17)13-8-12(16-18-13)11-6-4-3-5-7-11/h3-7,10,13H,8-9H2,1-2H3,(H,15,17). The summed E-state index contributed by atoms with van der Waals surface area (Å²) in [5.41, 5.74) is 1.84. The maximum Gasteiger partial charge on any atom is 0.264 e. The minimum atomic E-state index is -0.487. The van der Waals surface area contributed by atoms with Crippen LogP contribution in [0.5, 0.6) is 0 Å². The normalized spacial score (nSPS) is 18.4. The summed E-state index contributed by atoms with van der Waals surface area (Å²) in [6.07, 6.45) is 0.0486. The first-order valence-electron chi connectivity index (χ1n) is 6.22. The molecule has 1 amide bonds.